The molecule has 138 valence electrons. The summed E-state index contributed by atoms with van der Waals surface area (Å²) in [4.78, 5) is 26.0. The number of hydrogen-bond donors (Lipinski definition) is 2. The van der Waals surface area contributed by atoms with E-state index in [4.69, 9.17) is 0 Å². The lowest BCUT2D eigenvalue weighted by Gasteiger charge is -2.16. The number of aromatic nitrogens is 1. The van der Waals surface area contributed by atoms with Crippen molar-refractivity contribution in [3.8, 4) is 0 Å². The maximum atomic E-state index is 12.3. The largest absolute Gasteiger partial charge is 0.334 e. The smallest absolute Gasteiger partial charge is 0.319 e. The third-order valence-corrected chi connectivity index (χ3v) is 5.37. The van der Waals surface area contributed by atoms with Crippen LogP contribution in [-0.4, -0.2) is 43.9 Å². The van der Waals surface area contributed by atoms with E-state index in [2.05, 4.69) is 20.8 Å². The van der Waals surface area contributed by atoms with E-state index in [0.29, 0.717) is 12.2 Å². The number of carbonyl (C=O) groups is 1. The molecule has 0 bridgehead atoms. The average Bonchev–Trinajstić information content (AvgIpc) is 2.65. The van der Waals surface area contributed by atoms with Crippen LogP contribution in [0.2, 0.25) is 0 Å². The van der Waals surface area contributed by atoms with Crippen LogP contribution in [0, 0.1) is 4.91 Å². The van der Waals surface area contributed by atoms with Crippen LogP contribution in [0.4, 0.5) is 10.5 Å². The summed E-state index contributed by atoms with van der Waals surface area (Å²) in [6, 6.07) is 8.94. The zero-order chi connectivity index (χ0) is 19.0. The molecule has 9 nitrogen and oxygen atoms in total. The number of sulfonamides is 1. The van der Waals surface area contributed by atoms with Crippen LogP contribution in [0.5, 0.6) is 0 Å². The summed E-state index contributed by atoms with van der Waals surface area (Å²) in [5.74, 6) is 0. The Balaban J connectivity index is 1.94. The molecule has 1 aromatic heterocycles. The fourth-order valence-electron chi connectivity index (χ4n) is 2.05. The van der Waals surface area contributed by atoms with Gasteiger partial charge in [0.25, 0.3) is 0 Å². The SMILES string of the molecule is CN(CCN=O)S(=O)(=O)c1ccc(NC(=O)NCc2cccnc2)cc1. The third kappa shape index (κ3) is 5.33. The van der Waals surface area contributed by atoms with Gasteiger partial charge in [-0.3, -0.25) is 4.98 Å². The molecule has 0 aliphatic heterocycles. The molecule has 10 heteroatoms. The lowest BCUT2D eigenvalue weighted by molar-refractivity contribution is 0.251. The van der Waals surface area contributed by atoms with Gasteiger partial charge < -0.3 is 10.6 Å². The number of benzene rings is 1. The minimum atomic E-state index is -3.70. The number of hydrogen-bond acceptors (Lipinski definition) is 6. The highest BCUT2D eigenvalue weighted by Gasteiger charge is 2.20. The van der Waals surface area contributed by atoms with Crippen molar-refractivity contribution in [1.29, 1.82) is 0 Å². The molecule has 2 amide bonds. The predicted octanol–water partition coefficient (Wildman–Crippen LogP) is 1.79. The molecule has 2 aromatic rings. The second-order valence-corrected chi connectivity index (χ2v) is 7.42. The molecule has 2 N–H and O–H groups in total. The lowest BCUT2D eigenvalue weighted by Crippen LogP contribution is -2.29. The van der Waals surface area contributed by atoms with E-state index in [0.717, 1.165) is 9.87 Å². The monoisotopic (exact) mass is 377 g/mol. The van der Waals surface area contributed by atoms with Gasteiger partial charge in [-0.1, -0.05) is 11.2 Å². The van der Waals surface area contributed by atoms with Crippen molar-refractivity contribution >= 4 is 21.7 Å². The predicted molar refractivity (Wildman–Crippen MR) is 97.0 cm³/mol. The van der Waals surface area contributed by atoms with Gasteiger partial charge in [-0.05, 0) is 35.9 Å². The standard InChI is InChI=1S/C16H19N5O4S/c1-21(10-9-19-23)26(24,25)15-6-4-14(5-7-15)20-16(22)18-12-13-3-2-8-17-11-13/h2-8,11H,9-10,12H2,1H3,(H2,18,20,22). The average molecular weight is 377 g/mol. The van der Waals surface area contributed by atoms with Gasteiger partial charge in [0.2, 0.25) is 10.0 Å². The van der Waals surface area contributed by atoms with Gasteiger partial charge in [0, 0.05) is 38.2 Å². The topological polar surface area (TPSA) is 121 Å². The van der Waals surface area contributed by atoms with E-state index in [1.165, 1.54) is 31.3 Å². The van der Waals surface area contributed by atoms with Gasteiger partial charge in [0.05, 0.1) is 11.4 Å². The number of nitrogens with one attached hydrogen (secondary N) is 2. The number of likely N-dealkylation sites (N-methyl/N-ethyl adjacent to an activating group) is 1. The van der Waals surface area contributed by atoms with Crippen molar-refractivity contribution in [1.82, 2.24) is 14.6 Å². The van der Waals surface area contributed by atoms with Gasteiger partial charge >= 0.3 is 6.03 Å². The molecule has 1 aromatic carbocycles. The van der Waals surface area contributed by atoms with Crippen LogP contribution >= 0.6 is 0 Å². The van der Waals surface area contributed by atoms with Crippen molar-refractivity contribution in [3.63, 3.8) is 0 Å². The molecule has 0 fully saturated rings. The van der Waals surface area contributed by atoms with Gasteiger partial charge in [-0.25, -0.2) is 13.2 Å². The zero-order valence-electron chi connectivity index (χ0n) is 14.1. The number of rotatable bonds is 8. The van der Waals surface area contributed by atoms with Crippen LogP contribution in [0.3, 0.4) is 0 Å². The van der Waals surface area contributed by atoms with Gasteiger partial charge in [0.15, 0.2) is 0 Å². The molecule has 0 radical (unpaired) electrons. The van der Waals surface area contributed by atoms with E-state index < -0.39 is 16.1 Å². The summed E-state index contributed by atoms with van der Waals surface area (Å²) < 4.78 is 25.7. The van der Waals surface area contributed by atoms with Gasteiger partial charge in [-0.2, -0.15) is 9.21 Å². The van der Waals surface area contributed by atoms with E-state index in [1.54, 1.807) is 18.5 Å². The minimum Gasteiger partial charge on any atom is -0.334 e. The second kappa shape index (κ2) is 9.02. The first-order valence-electron chi connectivity index (χ1n) is 7.73. The highest BCUT2D eigenvalue weighted by Crippen LogP contribution is 2.17. The van der Waals surface area contributed by atoms with Crippen LogP contribution in [0.25, 0.3) is 0 Å². The first kappa shape index (κ1) is 19.5. The first-order valence-corrected chi connectivity index (χ1v) is 9.17. The van der Waals surface area contributed by atoms with E-state index in [1.807, 2.05) is 6.07 Å². The van der Waals surface area contributed by atoms with Crippen molar-refractivity contribution in [2.45, 2.75) is 11.4 Å². The van der Waals surface area contributed by atoms with Crippen molar-refractivity contribution in [2.24, 2.45) is 5.18 Å². The van der Waals surface area contributed by atoms with Crippen molar-refractivity contribution in [2.75, 3.05) is 25.5 Å². The minimum absolute atomic E-state index is 0.00256. The number of urea groups is 1. The fourth-order valence-corrected chi connectivity index (χ4v) is 3.21. The Morgan fingerprint density at radius 3 is 2.58 bits per heavy atom. The number of anilines is 1. The molecule has 0 saturated carbocycles. The Morgan fingerprint density at radius 2 is 1.96 bits per heavy atom. The summed E-state index contributed by atoms with van der Waals surface area (Å²) >= 11 is 0. The molecule has 0 spiro atoms. The highest BCUT2D eigenvalue weighted by atomic mass is 32.2. The number of nitroso groups, excluding NO2 is 1. The first-order chi connectivity index (χ1) is 12.4. The Bertz CT molecular complexity index is 841. The number of carbonyl (C=O) groups excluding carboxylic acids is 1. The van der Waals surface area contributed by atoms with Crippen LogP contribution in [-0.2, 0) is 16.6 Å². The quantitative estimate of drug-likeness (QED) is 0.679. The molecule has 0 atom stereocenters. The normalized spacial score (nSPS) is 11.2. The molecular formula is C16H19N5O4S. The lowest BCUT2D eigenvalue weighted by atomic mass is 10.3. The van der Waals surface area contributed by atoms with Crippen molar-refractivity contribution < 1.29 is 13.2 Å². The summed E-state index contributed by atoms with van der Waals surface area (Å²) in [5, 5.41) is 7.95. The molecule has 2 rings (SSSR count). The third-order valence-electron chi connectivity index (χ3n) is 3.50. The van der Waals surface area contributed by atoms with E-state index in [-0.39, 0.29) is 18.0 Å². The highest BCUT2D eigenvalue weighted by molar-refractivity contribution is 7.89. The van der Waals surface area contributed by atoms with Crippen LogP contribution in [0.15, 0.2) is 58.9 Å². The fraction of sp³-hybridized carbons (Fsp3) is 0.250. The summed E-state index contributed by atoms with van der Waals surface area (Å²) in [6.07, 6.45) is 3.29. The molecule has 1 heterocycles. The molecule has 0 saturated heterocycles. The van der Waals surface area contributed by atoms with Crippen LogP contribution in [0.1, 0.15) is 5.56 Å². The molecule has 26 heavy (non-hydrogen) atoms. The van der Waals surface area contributed by atoms with E-state index in [9.17, 15) is 18.1 Å². The number of amides is 2. The second-order valence-electron chi connectivity index (χ2n) is 5.37. The van der Waals surface area contributed by atoms with E-state index >= 15 is 0 Å². The Kier molecular flexibility index (Phi) is 6.75. The Labute approximate surface area is 151 Å². The van der Waals surface area contributed by atoms with Crippen LogP contribution < -0.4 is 10.6 Å². The van der Waals surface area contributed by atoms with Gasteiger partial charge in [0.1, 0.15) is 0 Å². The number of nitrogens with zero attached hydrogens (tertiary/aromatic N) is 3. The maximum Gasteiger partial charge on any atom is 0.319 e. The molecule has 0 aliphatic rings. The summed E-state index contributed by atoms with van der Waals surface area (Å²) in [5.41, 5.74) is 1.31. The Morgan fingerprint density at radius 1 is 1.23 bits per heavy atom. The molecular weight excluding hydrogens is 358 g/mol. The van der Waals surface area contributed by atoms with Gasteiger partial charge in [-0.15, -0.1) is 0 Å². The molecule has 0 unspecified atom stereocenters. The summed E-state index contributed by atoms with van der Waals surface area (Å²) in [6.45, 7) is 0.205. The molecule has 0 aliphatic carbocycles. The zero-order valence-corrected chi connectivity index (χ0v) is 14.9. The van der Waals surface area contributed by atoms with Crippen molar-refractivity contribution in [3.05, 3.63) is 59.3 Å². The Hall–Kier alpha value is -2.85. The summed E-state index contributed by atoms with van der Waals surface area (Å²) in [7, 11) is -2.33. The maximum absolute atomic E-state index is 12.3. The number of pyridine rings is 1.